The monoisotopic (exact) mass is 727 g/mol. The highest BCUT2D eigenvalue weighted by atomic mass is 16.2. The first-order chi connectivity index (χ1) is 25.9. The first-order valence-electron chi connectivity index (χ1n) is 22.6. The predicted molar refractivity (Wildman–Crippen MR) is 215 cm³/mol. The lowest BCUT2D eigenvalue weighted by atomic mass is 9.42. The molecule has 12 bridgehead atoms. The first kappa shape index (κ1) is 34.6. The van der Waals surface area contributed by atoms with Gasteiger partial charge in [-0.25, -0.2) is 0 Å². The van der Waals surface area contributed by atoms with E-state index in [1.807, 2.05) is 0 Å². The molecule has 54 heavy (non-hydrogen) atoms. The largest absolute Gasteiger partial charge is 0.356 e. The van der Waals surface area contributed by atoms with E-state index in [-0.39, 0.29) is 21.7 Å². The number of benzene rings is 2. The Morgan fingerprint density at radius 2 is 0.778 bits per heavy atom. The van der Waals surface area contributed by atoms with E-state index in [1.165, 1.54) is 120 Å². The van der Waals surface area contributed by atoms with Crippen LogP contribution >= 0.6 is 0 Å². The minimum Gasteiger partial charge on any atom is -0.356 e. The van der Waals surface area contributed by atoms with Crippen LogP contribution < -0.4 is 10.6 Å². The summed E-state index contributed by atoms with van der Waals surface area (Å²) < 4.78 is 0. The third-order valence-electron chi connectivity index (χ3n) is 18.4. The number of aryl methyl sites for hydroxylation is 2. The molecule has 0 spiro atoms. The zero-order valence-corrected chi connectivity index (χ0v) is 33.5. The molecule has 2 amide bonds. The van der Waals surface area contributed by atoms with Gasteiger partial charge in [-0.2, -0.15) is 0 Å². The Balaban J connectivity index is 0.742. The Labute approximate surface area is 325 Å². The fourth-order valence-corrected chi connectivity index (χ4v) is 18.2. The van der Waals surface area contributed by atoms with E-state index in [1.54, 1.807) is 11.1 Å². The molecule has 0 saturated heterocycles. The second-order valence-corrected chi connectivity index (χ2v) is 23.1. The van der Waals surface area contributed by atoms with E-state index in [2.05, 4.69) is 73.0 Å². The molecule has 0 radical (unpaired) electrons. The van der Waals surface area contributed by atoms with Gasteiger partial charge in [-0.15, -0.1) is 0 Å². The molecule has 0 aromatic heterocycles. The van der Waals surface area contributed by atoms with Crippen molar-refractivity contribution in [3.05, 3.63) is 70.8 Å². The standard InChI is InChI=1S/C50H66N2O2/c1-33-3-7-41(8-4-33)49-22-37-12-38(23-49)19-47(18-37,29-49)31-51-43(53)26-45-14-35-11-36(15-45)17-46(16-35,28-45)27-44(54)52-32-48-20-39-13-40(21-48)25-50(24-39,30-48)42-9-5-34(2)6-10-42/h3-10,35-40H,11-32H2,1-2H3,(H,51,53)(H,52,54). The molecule has 288 valence electrons. The van der Waals surface area contributed by atoms with Gasteiger partial charge in [0.25, 0.3) is 0 Å². The molecule has 2 aromatic carbocycles. The van der Waals surface area contributed by atoms with Gasteiger partial charge in [0.05, 0.1) is 0 Å². The zero-order chi connectivity index (χ0) is 36.6. The Morgan fingerprint density at radius 1 is 0.463 bits per heavy atom. The molecule has 4 atom stereocenters. The summed E-state index contributed by atoms with van der Waals surface area (Å²) in [5, 5.41) is 7.26. The predicted octanol–water partition coefficient (Wildman–Crippen LogP) is 10.3. The number of rotatable bonds is 10. The highest BCUT2D eigenvalue weighted by molar-refractivity contribution is 5.78. The quantitative estimate of drug-likeness (QED) is 0.256. The minimum atomic E-state index is 0.0966. The van der Waals surface area contributed by atoms with Crippen molar-refractivity contribution in [2.45, 2.75) is 153 Å². The molecule has 2 aromatic rings. The van der Waals surface area contributed by atoms with E-state index in [4.69, 9.17) is 0 Å². The van der Waals surface area contributed by atoms with Gasteiger partial charge < -0.3 is 10.6 Å². The molecule has 12 aliphatic rings. The van der Waals surface area contributed by atoms with Crippen molar-refractivity contribution in [3.8, 4) is 0 Å². The normalized spacial score (nSPS) is 45.9. The maximum Gasteiger partial charge on any atom is 0.220 e. The zero-order valence-electron chi connectivity index (χ0n) is 33.5. The van der Waals surface area contributed by atoms with Crippen molar-refractivity contribution in [2.24, 2.45) is 57.2 Å². The Hall–Kier alpha value is -2.62. The number of hydrogen-bond donors (Lipinski definition) is 2. The van der Waals surface area contributed by atoms with Crippen molar-refractivity contribution in [1.29, 1.82) is 0 Å². The van der Waals surface area contributed by atoms with E-state index in [0.29, 0.717) is 47.3 Å². The lowest BCUT2D eigenvalue weighted by molar-refractivity contribution is -0.148. The number of nitrogens with one attached hydrogen (secondary N) is 2. The maximum atomic E-state index is 14.1. The van der Waals surface area contributed by atoms with Crippen molar-refractivity contribution in [3.63, 3.8) is 0 Å². The molecule has 12 fully saturated rings. The molecular formula is C50H66N2O2. The van der Waals surface area contributed by atoms with E-state index in [0.717, 1.165) is 43.2 Å². The molecular weight excluding hydrogens is 661 g/mol. The Morgan fingerprint density at radius 3 is 1.13 bits per heavy atom. The summed E-state index contributed by atoms with van der Waals surface area (Å²) in [5.74, 6) is 5.27. The van der Waals surface area contributed by atoms with Crippen LogP contribution in [0.2, 0.25) is 0 Å². The summed E-state index contributed by atoms with van der Waals surface area (Å²) >= 11 is 0. The molecule has 14 rings (SSSR count). The summed E-state index contributed by atoms with van der Waals surface area (Å²) in [5.41, 5.74) is 7.17. The molecule has 0 aliphatic heterocycles. The third-order valence-corrected chi connectivity index (χ3v) is 18.4. The van der Waals surface area contributed by atoms with Crippen LogP contribution in [0, 0.1) is 71.0 Å². The lowest BCUT2D eigenvalue weighted by Crippen LogP contribution is -2.58. The summed E-state index contributed by atoms with van der Waals surface area (Å²) in [6.45, 7) is 6.15. The Bertz CT molecular complexity index is 1650. The van der Waals surface area contributed by atoms with Crippen LogP contribution in [0.4, 0.5) is 0 Å². The average Bonchev–Trinajstić information content (AvgIpc) is 3.08. The smallest absolute Gasteiger partial charge is 0.220 e. The second kappa shape index (κ2) is 12.0. The average molecular weight is 727 g/mol. The highest BCUT2D eigenvalue weighted by Crippen LogP contribution is 2.69. The van der Waals surface area contributed by atoms with Crippen LogP contribution in [0.15, 0.2) is 48.5 Å². The minimum absolute atomic E-state index is 0.0966. The van der Waals surface area contributed by atoms with Crippen LogP contribution in [0.3, 0.4) is 0 Å². The van der Waals surface area contributed by atoms with Crippen molar-refractivity contribution < 1.29 is 9.59 Å². The highest BCUT2D eigenvalue weighted by Gasteiger charge is 2.61. The summed E-state index contributed by atoms with van der Waals surface area (Å²) in [6, 6.07) is 18.9. The summed E-state index contributed by atoms with van der Waals surface area (Å²) in [6.07, 6.45) is 24.5. The van der Waals surface area contributed by atoms with Gasteiger partial charge in [0.15, 0.2) is 0 Å². The first-order valence-corrected chi connectivity index (χ1v) is 22.6. The van der Waals surface area contributed by atoms with Crippen molar-refractivity contribution in [2.75, 3.05) is 13.1 Å². The SMILES string of the molecule is Cc1ccc(C23CC4CC(CC(CNC(=O)CC56CC7CC(C5)CC(CC(=O)NCC58CC9CC(C5)CC(c5ccc(C)cc5)(C9)C8)(C7)C6)(C4)C2)C3)cc1. The van der Waals surface area contributed by atoms with Crippen molar-refractivity contribution >= 4 is 11.8 Å². The van der Waals surface area contributed by atoms with Crippen LogP contribution in [0.5, 0.6) is 0 Å². The van der Waals surface area contributed by atoms with Crippen LogP contribution in [0.25, 0.3) is 0 Å². The molecule has 4 nitrogen and oxygen atoms in total. The van der Waals surface area contributed by atoms with E-state index < -0.39 is 0 Å². The van der Waals surface area contributed by atoms with Crippen LogP contribution in [0.1, 0.15) is 151 Å². The number of carbonyl (C=O) groups excluding carboxylic acids is 2. The number of amides is 2. The van der Waals surface area contributed by atoms with E-state index in [9.17, 15) is 9.59 Å². The van der Waals surface area contributed by atoms with Gasteiger partial charge in [0, 0.05) is 25.9 Å². The van der Waals surface area contributed by atoms with Gasteiger partial charge in [0.2, 0.25) is 11.8 Å². The topological polar surface area (TPSA) is 58.2 Å². The summed E-state index contributed by atoms with van der Waals surface area (Å²) in [7, 11) is 0. The second-order valence-electron chi connectivity index (χ2n) is 23.1. The van der Waals surface area contributed by atoms with Gasteiger partial charge in [-0.05, 0) is 209 Å². The Kier molecular flexibility index (Phi) is 7.66. The van der Waals surface area contributed by atoms with Crippen molar-refractivity contribution in [1.82, 2.24) is 10.6 Å². The van der Waals surface area contributed by atoms with Gasteiger partial charge >= 0.3 is 0 Å². The van der Waals surface area contributed by atoms with E-state index >= 15 is 0 Å². The number of hydrogen-bond acceptors (Lipinski definition) is 2. The molecule has 2 N–H and O–H groups in total. The lowest BCUT2D eigenvalue weighted by Gasteiger charge is -2.63. The number of carbonyl (C=O) groups is 2. The van der Waals surface area contributed by atoms with Crippen LogP contribution in [-0.4, -0.2) is 24.9 Å². The molecule has 4 unspecified atom stereocenters. The van der Waals surface area contributed by atoms with Gasteiger partial charge in [-0.1, -0.05) is 59.7 Å². The molecule has 12 saturated carbocycles. The fraction of sp³-hybridized carbons (Fsp3) is 0.720. The maximum absolute atomic E-state index is 14.1. The molecule has 0 heterocycles. The van der Waals surface area contributed by atoms with Gasteiger partial charge in [0.1, 0.15) is 0 Å². The van der Waals surface area contributed by atoms with Gasteiger partial charge in [-0.3, -0.25) is 9.59 Å². The molecule has 12 aliphatic carbocycles. The molecule has 4 heteroatoms. The summed E-state index contributed by atoms with van der Waals surface area (Å²) in [4.78, 5) is 28.2. The third kappa shape index (κ3) is 5.78. The fourth-order valence-electron chi connectivity index (χ4n) is 18.2. The van der Waals surface area contributed by atoms with Crippen LogP contribution in [-0.2, 0) is 20.4 Å².